The molecule has 0 spiro atoms. The van der Waals surface area contributed by atoms with Gasteiger partial charge in [-0.3, -0.25) is 9.59 Å². The van der Waals surface area contributed by atoms with Crippen LogP contribution in [0.1, 0.15) is 44.7 Å². The van der Waals surface area contributed by atoms with Crippen LogP contribution in [0.5, 0.6) is 0 Å². The molecule has 0 aromatic heterocycles. The molecule has 0 aliphatic heterocycles. The predicted octanol–water partition coefficient (Wildman–Crippen LogP) is 4.78. The van der Waals surface area contributed by atoms with Crippen molar-refractivity contribution in [2.24, 2.45) is 0 Å². The lowest BCUT2D eigenvalue weighted by Crippen LogP contribution is -2.54. The lowest BCUT2D eigenvalue weighted by Gasteiger charge is -2.34. The van der Waals surface area contributed by atoms with Crippen molar-refractivity contribution in [3.05, 3.63) is 102 Å². The fraction of sp³-hybridized carbons (Fsp3) is 0.355. The number of rotatable bonds is 12. The Morgan fingerprint density at radius 3 is 2.08 bits per heavy atom. The fourth-order valence-corrected chi connectivity index (χ4v) is 5.54. The van der Waals surface area contributed by atoms with E-state index in [2.05, 4.69) is 5.32 Å². The number of sulfonamides is 1. The third kappa shape index (κ3) is 8.72. The summed E-state index contributed by atoms with van der Waals surface area (Å²) in [4.78, 5) is 28.9. The number of nitrogens with zero attached hydrogens (tertiary/aromatic N) is 2. The Balaban J connectivity index is 1.85. The lowest BCUT2D eigenvalue weighted by molar-refractivity contribution is -0.142. The van der Waals surface area contributed by atoms with E-state index < -0.39 is 27.4 Å². The van der Waals surface area contributed by atoms with Crippen LogP contribution in [-0.2, 0) is 32.6 Å². The van der Waals surface area contributed by atoms with Crippen LogP contribution < -0.4 is 5.32 Å². The summed E-state index contributed by atoms with van der Waals surface area (Å²) in [5.74, 6) is -1.17. The summed E-state index contributed by atoms with van der Waals surface area (Å²) >= 11 is 0. The number of hydrogen-bond donors (Lipinski definition) is 1. The normalized spacial score (nSPS) is 12.7. The van der Waals surface area contributed by atoms with Crippen LogP contribution in [0.4, 0.5) is 4.39 Å². The average molecular weight is 568 g/mol. The van der Waals surface area contributed by atoms with E-state index >= 15 is 0 Å². The molecule has 40 heavy (non-hydrogen) atoms. The molecule has 214 valence electrons. The van der Waals surface area contributed by atoms with Gasteiger partial charge in [-0.25, -0.2) is 17.1 Å². The van der Waals surface area contributed by atoms with Crippen molar-refractivity contribution in [3.8, 4) is 0 Å². The molecule has 1 N–H and O–H groups in total. The summed E-state index contributed by atoms with van der Waals surface area (Å²) in [5, 5.41) is 2.97. The maximum absolute atomic E-state index is 14.7. The second-order valence-corrected chi connectivity index (χ2v) is 12.8. The molecule has 0 aliphatic carbocycles. The lowest BCUT2D eigenvalue weighted by atomic mass is 10.00. The highest BCUT2D eigenvalue weighted by atomic mass is 32.2. The first-order valence-corrected chi connectivity index (χ1v) is 14.7. The number of nitrogens with one attached hydrogen (secondary N) is 1. The van der Waals surface area contributed by atoms with Crippen LogP contribution in [0, 0.1) is 5.82 Å². The van der Waals surface area contributed by atoms with Gasteiger partial charge in [-0.05, 0) is 51.0 Å². The molecule has 7 nitrogen and oxygen atoms in total. The van der Waals surface area contributed by atoms with Crippen LogP contribution in [-0.4, -0.2) is 54.6 Å². The Hall–Kier alpha value is -3.56. The van der Waals surface area contributed by atoms with Crippen molar-refractivity contribution in [1.82, 2.24) is 14.5 Å². The molecule has 0 bridgehead atoms. The third-order valence-electron chi connectivity index (χ3n) is 6.38. The molecule has 1 unspecified atom stereocenters. The standard InChI is InChI=1S/C31H38FN3O4S/c1-31(2,3)33-30(37)28(22-24-14-7-5-8-15-24)35(23-25-16-11-12-19-27(25)32)29(36)20-13-21-34(4)40(38,39)26-17-9-6-10-18-26/h5-12,14-19,28H,13,20-23H2,1-4H3,(H,33,37). The first-order valence-electron chi connectivity index (χ1n) is 13.3. The van der Waals surface area contributed by atoms with Gasteiger partial charge in [-0.1, -0.05) is 66.7 Å². The molecule has 3 aromatic rings. The number of hydrogen-bond acceptors (Lipinski definition) is 4. The van der Waals surface area contributed by atoms with E-state index in [0.29, 0.717) is 5.56 Å². The summed E-state index contributed by atoms with van der Waals surface area (Å²) in [5.41, 5.74) is 0.602. The maximum atomic E-state index is 14.7. The Bertz CT molecular complexity index is 1380. The molecule has 1 atom stereocenters. The van der Waals surface area contributed by atoms with Crippen molar-refractivity contribution in [2.45, 2.75) is 63.1 Å². The minimum absolute atomic E-state index is 0.0167. The molecule has 0 saturated heterocycles. The van der Waals surface area contributed by atoms with Gasteiger partial charge in [-0.2, -0.15) is 0 Å². The van der Waals surface area contributed by atoms with Crippen LogP contribution >= 0.6 is 0 Å². The van der Waals surface area contributed by atoms with Gasteiger partial charge in [0.15, 0.2) is 0 Å². The summed E-state index contributed by atoms with van der Waals surface area (Å²) in [7, 11) is -2.24. The summed E-state index contributed by atoms with van der Waals surface area (Å²) in [6.45, 7) is 5.58. The van der Waals surface area contributed by atoms with Gasteiger partial charge >= 0.3 is 0 Å². The highest BCUT2D eigenvalue weighted by molar-refractivity contribution is 7.89. The molecule has 0 heterocycles. The Labute approximate surface area is 237 Å². The molecule has 0 fully saturated rings. The highest BCUT2D eigenvalue weighted by Gasteiger charge is 2.32. The topological polar surface area (TPSA) is 86.8 Å². The molecule has 2 amide bonds. The third-order valence-corrected chi connectivity index (χ3v) is 8.25. The zero-order valence-electron chi connectivity index (χ0n) is 23.5. The molecule has 0 saturated carbocycles. The number of amides is 2. The van der Waals surface area contributed by atoms with Gasteiger partial charge in [0.25, 0.3) is 0 Å². The second-order valence-electron chi connectivity index (χ2n) is 10.8. The molecule has 0 radical (unpaired) electrons. The molecule has 3 aromatic carbocycles. The smallest absolute Gasteiger partial charge is 0.243 e. The SMILES string of the molecule is CN(CCCC(=O)N(Cc1ccccc1F)C(Cc1ccccc1)C(=O)NC(C)(C)C)S(=O)(=O)c1ccccc1. The Morgan fingerprint density at radius 2 is 1.48 bits per heavy atom. The minimum Gasteiger partial charge on any atom is -0.350 e. The molecule has 0 aliphatic rings. The zero-order valence-corrected chi connectivity index (χ0v) is 24.3. The van der Waals surface area contributed by atoms with Crippen LogP contribution in [0.15, 0.2) is 89.8 Å². The van der Waals surface area contributed by atoms with E-state index in [0.717, 1.165) is 5.56 Å². The van der Waals surface area contributed by atoms with Gasteiger partial charge < -0.3 is 10.2 Å². The van der Waals surface area contributed by atoms with E-state index in [1.54, 1.807) is 36.4 Å². The summed E-state index contributed by atoms with van der Waals surface area (Å²) in [6.07, 6.45) is 0.455. The van der Waals surface area contributed by atoms with E-state index in [-0.39, 0.29) is 49.1 Å². The second kappa shape index (κ2) is 13.7. The molecule has 9 heteroatoms. The van der Waals surface area contributed by atoms with Gasteiger partial charge in [0, 0.05) is 44.1 Å². The van der Waals surface area contributed by atoms with Crippen molar-refractivity contribution in [2.75, 3.05) is 13.6 Å². The first-order chi connectivity index (χ1) is 18.9. The zero-order chi connectivity index (χ0) is 29.3. The van der Waals surface area contributed by atoms with Gasteiger partial charge in [0.1, 0.15) is 11.9 Å². The summed E-state index contributed by atoms with van der Waals surface area (Å²) in [6, 6.07) is 22.7. The van der Waals surface area contributed by atoms with Crippen molar-refractivity contribution >= 4 is 21.8 Å². The van der Waals surface area contributed by atoms with E-state index in [9.17, 15) is 22.4 Å². The average Bonchev–Trinajstić information content (AvgIpc) is 2.91. The van der Waals surface area contributed by atoms with Crippen LogP contribution in [0.3, 0.4) is 0 Å². The monoisotopic (exact) mass is 567 g/mol. The van der Waals surface area contributed by atoms with Crippen LogP contribution in [0.2, 0.25) is 0 Å². The van der Waals surface area contributed by atoms with Crippen LogP contribution in [0.25, 0.3) is 0 Å². The van der Waals surface area contributed by atoms with E-state index in [4.69, 9.17) is 0 Å². The maximum Gasteiger partial charge on any atom is 0.243 e. The highest BCUT2D eigenvalue weighted by Crippen LogP contribution is 2.20. The number of carbonyl (C=O) groups excluding carboxylic acids is 2. The Morgan fingerprint density at radius 1 is 0.900 bits per heavy atom. The van der Waals surface area contributed by atoms with E-state index in [1.807, 2.05) is 51.1 Å². The predicted molar refractivity (Wildman–Crippen MR) is 154 cm³/mol. The van der Waals surface area contributed by atoms with Gasteiger partial charge in [0.2, 0.25) is 21.8 Å². The number of halogens is 1. The van der Waals surface area contributed by atoms with Crippen molar-refractivity contribution in [1.29, 1.82) is 0 Å². The minimum atomic E-state index is -3.71. The molecular formula is C31H38FN3O4S. The van der Waals surface area contributed by atoms with Crippen molar-refractivity contribution in [3.63, 3.8) is 0 Å². The Kier molecular flexibility index (Phi) is 10.6. The van der Waals surface area contributed by atoms with Gasteiger partial charge in [-0.15, -0.1) is 0 Å². The van der Waals surface area contributed by atoms with Crippen molar-refractivity contribution < 1.29 is 22.4 Å². The largest absolute Gasteiger partial charge is 0.350 e. The quantitative estimate of drug-likeness (QED) is 0.341. The number of benzene rings is 3. The van der Waals surface area contributed by atoms with Gasteiger partial charge in [0.05, 0.1) is 4.90 Å². The van der Waals surface area contributed by atoms with E-state index in [1.165, 1.54) is 34.5 Å². The molecule has 3 rings (SSSR count). The number of carbonyl (C=O) groups is 2. The summed E-state index contributed by atoms with van der Waals surface area (Å²) < 4.78 is 41.7. The fourth-order valence-electron chi connectivity index (χ4n) is 4.31. The first kappa shape index (κ1) is 31.0. The molecular weight excluding hydrogens is 529 g/mol.